The molecule has 21 heavy (non-hydrogen) atoms. The summed E-state index contributed by atoms with van der Waals surface area (Å²) in [5, 5.41) is 2.48. The molecule has 0 bridgehead atoms. The van der Waals surface area contributed by atoms with E-state index in [0.29, 0.717) is 9.99 Å². The maximum atomic E-state index is 12.5. The summed E-state index contributed by atoms with van der Waals surface area (Å²) >= 11 is 5.46. The summed E-state index contributed by atoms with van der Waals surface area (Å²) in [6.45, 7) is 0.194. The number of amides is 1. The third-order valence-electron chi connectivity index (χ3n) is 2.49. The molecule has 0 saturated carbocycles. The Bertz CT molecular complexity index is 579. The molecule has 1 rings (SSSR count). The first-order chi connectivity index (χ1) is 9.77. The molecule has 0 saturated heterocycles. The van der Waals surface area contributed by atoms with E-state index in [-0.39, 0.29) is 23.2 Å². The summed E-state index contributed by atoms with van der Waals surface area (Å²) < 4.78 is 50.0. The second-order valence-electron chi connectivity index (χ2n) is 4.15. The van der Waals surface area contributed by atoms with Crippen molar-refractivity contribution >= 4 is 33.2 Å². The van der Waals surface area contributed by atoms with Gasteiger partial charge in [0.25, 0.3) is 6.43 Å². The molecule has 0 fully saturated rings. The SMILES string of the molecule is CC(=O)Nc1ccc(S(=O)(=O)N(CCCl)CC(F)F)cc1. The van der Waals surface area contributed by atoms with Crippen molar-refractivity contribution in [2.45, 2.75) is 18.2 Å². The second-order valence-corrected chi connectivity index (χ2v) is 6.46. The van der Waals surface area contributed by atoms with Crippen LogP contribution >= 0.6 is 11.6 Å². The molecule has 1 aromatic rings. The molecule has 0 heterocycles. The lowest BCUT2D eigenvalue weighted by atomic mass is 10.3. The van der Waals surface area contributed by atoms with Crippen molar-refractivity contribution in [2.24, 2.45) is 0 Å². The first-order valence-electron chi connectivity index (χ1n) is 5.99. The topological polar surface area (TPSA) is 66.5 Å². The lowest BCUT2D eigenvalue weighted by Gasteiger charge is -2.20. The van der Waals surface area contributed by atoms with Crippen LogP contribution < -0.4 is 5.32 Å². The molecule has 0 spiro atoms. The lowest BCUT2D eigenvalue weighted by molar-refractivity contribution is -0.114. The van der Waals surface area contributed by atoms with Gasteiger partial charge in [0.05, 0.1) is 11.4 Å². The number of carbonyl (C=O) groups is 1. The first kappa shape index (κ1) is 17.8. The van der Waals surface area contributed by atoms with E-state index in [9.17, 15) is 22.0 Å². The summed E-state index contributed by atoms with van der Waals surface area (Å²) in [5.41, 5.74) is 0.416. The minimum absolute atomic E-state index is 0.0874. The van der Waals surface area contributed by atoms with Crippen molar-refractivity contribution in [1.82, 2.24) is 4.31 Å². The second kappa shape index (κ2) is 7.67. The highest BCUT2D eigenvalue weighted by molar-refractivity contribution is 7.89. The third kappa shape index (κ3) is 5.22. The Labute approximate surface area is 126 Å². The van der Waals surface area contributed by atoms with Gasteiger partial charge in [-0.25, -0.2) is 17.2 Å². The molecule has 1 aromatic carbocycles. The van der Waals surface area contributed by atoms with E-state index in [0.717, 1.165) is 0 Å². The van der Waals surface area contributed by atoms with E-state index in [1.807, 2.05) is 0 Å². The molecule has 0 unspecified atom stereocenters. The molecule has 0 aromatic heterocycles. The van der Waals surface area contributed by atoms with Crippen LogP contribution in [-0.2, 0) is 14.8 Å². The van der Waals surface area contributed by atoms with Gasteiger partial charge in [-0.15, -0.1) is 11.6 Å². The van der Waals surface area contributed by atoms with Gasteiger partial charge in [0.2, 0.25) is 15.9 Å². The zero-order chi connectivity index (χ0) is 16.0. The Morgan fingerprint density at radius 3 is 2.33 bits per heavy atom. The molecule has 0 aliphatic rings. The molecule has 0 radical (unpaired) electrons. The van der Waals surface area contributed by atoms with Gasteiger partial charge >= 0.3 is 0 Å². The minimum Gasteiger partial charge on any atom is -0.326 e. The van der Waals surface area contributed by atoms with Crippen LogP contribution in [0.1, 0.15) is 6.92 Å². The number of sulfonamides is 1. The van der Waals surface area contributed by atoms with E-state index in [1.54, 1.807) is 0 Å². The Morgan fingerprint density at radius 2 is 1.90 bits per heavy atom. The van der Waals surface area contributed by atoms with Crippen molar-refractivity contribution in [3.8, 4) is 0 Å². The van der Waals surface area contributed by atoms with Crippen LogP contribution in [0.3, 0.4) is 0 Å². The zero-order valence-electron chi connectivity index (χ0n) is 11.2. The van der Waals surface area contributed by atoms with Crippen molar-refractivity contribution < 1.29 is 22.0 Å². The predicted octanol–water partition coefficient (Wildman–Crippen LogP) is 2.14. The Morgan fingerprint density at radius 1 is 1.33 bits per heavy atom. The summed E-state index contributed by atoms with van der Waals surface area (Å²) in [7, 11) is -4.05. The molecule has 1 amide bonds. The minimum atomic E-state index is -4.05. The van der Waals surface area contributed by atoms with Crippen molar-refractivity contribution in [3.05, 3.63) is 24.3 Å². The number of carbonyl (C=O) groups excluding carboxylic acids is 1. The van der Waals surface area contributed by atoms with Crippen LogP contribution in [0.5, 0.6) is 0 Å². The summed E-state index contributed by atoms with van der Waals surface area (Å²) in [5.74, 6) is -0.386. The molecule has 9 heteroatoms. The fraction of sp³-hybridized carbons (Fsp3) is 0.417. The van der Waals surface area contributed by atoms with Gasteiger partial charge in [-0.2, -0.15) is 4.31 Å². The van der Waals surface area contributed by atoms with Gasteiger partial charge < -0.3 is 5.32 Å². The quantitative estimate of drug-likeness (QED) is 0.773. The molecule has 118 valence electrons. The largest absolute Gasteiger partial charge is 0.326 e. The van der Waals surface area contributed by atoms with Crippen molar-refractivity contribution in [2.75, 3.05) is 24.3 Å². The fourth-order valence-electron chi connectivity index (χ4n) is 1.62. The van der Waals surface area contributed by atoms with Crippen LogP contribution in [0.15, 0.2) is 29.2 Å². The molecule has 0 aliphatic carbocycles. The van der Waals surface area contributed by atoms with E-state index < -0.39 is 23.0 Å². The molecule has 0 aliphatic heterocycles. The van der Waals surface area contributed by atoms with Gasteiger partial charge in [-0.3, -0.25) is 4.79 Å². The Hall–Kier alpha value is -1.25. The number of alkyl halides is 3. The number of hydrogen-bond donors (Lipinski definition) is 1. The summed E-state index contributed by atoms with van der Waals surface area (Å²) in [6, 6.07) is 5.26. The number of hydrogen-bond acceptors (Lipinski definition) is 3. The fourth-order valence-corrected chi connectivity index (χ4v) is 3.34. The number of benzene rings is 1. The number of halogens is 3. The molecular formula is C12H15ClF2N2O3S. The van der Waals surface area contributed by atoms with E-state index in [4.69, 9.17) is 11.6 Å². The highest BCUT2D eigenvalue weighted by Crippen LogP contribution is 2.19. The number of anilines is 1. The standard InChI is InChI=1S/C12H15ClF2N2O3S/c1-9(18)16-10-2-4-11(5-3-10)21(19,20)17(7-6-13)8-12(14)15/h2-5,12H,6-8H2,1H3,(H,16,18). The Kier molecular flexibility index (Phi) is 6.50. The van der Waals surface area contributed by atoms with Crippen LogP contribution in [0.25, 0.3) is 0 Å². The monoisotopic (exact) mass is 340 g/mol. The lowest BCUT2D eigenvalue weighted by Crippen LogP contribution is -2.36. The van der Waals surface area contributed by atoms with Gasteiger partial charge in [-0.1, -0.05) is 0 Å². The zero-order valence-corrected chi connectivity index (χ0v) is 12.8. The van der Waals surface area contributed by atoms with Gasteiger partial charge in [-0.05, 0) is 24.3 Å². The normalized spacial score (nSPS) is 11.9. The maximum absolute atomic E-state index is 12.5. The van der Waals surface area contributed by atoms with E-state index >= 15 is 0 Å². The number of nitrogens with zero attached hydrogens (tertiary/aromatic N) is 1. The molecular weight excluding hydrogens is 326 g/mol. The highest BCUT2D eigenvalue weighted by atomic mass is 35.5. The van der Waals surface area contributed by atoms with Crippen molar-refractivity contribution in [3.63, 3.8) is 0 Å². The molecule has 1 N–H and O–H groups in total. The average molecular weight is 341 g/mol. The molecule has 0 atom stereocenters. The summed E-state index contributed by atoms with van der Waals surface area (Å²) in [6.07, 6.45) is -2.79. The van der Waals surface area contributed by atoms with Crippen LogP contribution in [-0.4, -0.2) is 44.0 Å². The van der Waals surface area contributed by atoms with Gasteiger partial charge in [0, 0.05) is 25.0 Å². The smallest absolute Gasteiger partial charge is 0.252 e. The maximum Gasteiger partial charge on any atom is 0.252 e. The van der Waals surface area contributed by atoms with Crippen LogP contribution in [0, 0.1) is 0 Å². The average Bonchev–Trinajstić information content (AvgIpc) is 2.37. The van der Waals surface area contributed by atoms with Crippen LogP contribution in [0.2, 0.25) is 0 Å². The summed E-state index contributed by atoms with van der Waals surface area (Å²) in [4.78, 5) is 10.7. The number of nitrogens with one attached hydrogen (secondary N) is 1. The molecule has 5 nitrogen and oxygen atoms in total. The Balaban J connectivity index is 3.01. The van der Waals surface area contributed by atoms with Gasteiger partial charge in [0.15, 0.2) is 0 Å². The van der Waals surface area contributed by atoms with Crippen molar-refractivity contribution in [1.29, 1.82) is 0 Å². The van der Waals surface area contributed by atoms with Crippen LogP contribution in [0.4, 0.5) is 14.5 Å². The first-order valence-corrected chi connectivity index (χ1v) is 7.96. The van der Waals surface area contributed by atoms with E-state index in [2.05, 4.69) is 5.32 Å². The number of rotatable bonds is 7. The predicted molar refractivity (Wildman–Crippen MR) is 76.2 cm³/mol. The van der Waals surface area contributed by atoms with E-state index in [1.165, 1.54) is 31.2 Å². The highest BCUT2D eigenvalue weighted by Gasteiger charge is 2.26. The van der Waals surface area contributed by atoms with Gasteiger partial charge in [0.1, 0.15) is 0 Å². The third-order valence-corrected chi connectivity index (χ3v) is 4.54.